The van der Waals surface area contributed by atoms with E-state index in [1.807, 2.05) is 30.3 Å². The van der Waals surface area contributed by atoms with E-state index in [1.165, 1.54) is 11.3 Å². The molecule has 0 saturated carbocycles. The quantitative estimate of drug-likeness (QED) is 0.335. The van der Waals surface area contributed by atoms with Crippen LogP contribution in [-0.4, -0.2) is 35.0 Å². The van der Waals surface area contributed by atoms with Gasteiger partial charge < -0.3 is 20.2 Å². The first-order chi connectivity index (χ1) is 15.6. The number of carbonyl (C=O) groups excluding carboxylic acids is 2. The summed E-state index contributed by atoms with van der Waals surface area (Å²) < 4.78 is 11.4. The van der Waals surface area contributed by atoms with Gasteiger partial charge in [-0.3, -0.25) is 14.9 Å². The van der Waals surface area contributed by atoms with E-state index in [4.69, 9.17) is 15.2 Å². The summed E-state index contributed by atoms with van der Waals surface area (Å²) in [6, 6.07) is 18.0. The lowest BCUT2D eigenvalue weighted by Crippen LogP contribution is -2.15. The molecule has 0 fully saturated rings. The number of thiazole rings is 1. The van der Waals surface area contributed by atoms with Crippen molar-refractivity contribution in [1.29, 1.82) is 0 Å². The Bertz CT molecular complexity index is 1220. The van der Waals surface area contributed by atoms with E-state index in [0.717, 1.165) is 5.75 Å². The van der Waals surface area contributed by atoms with Gasteiger partial charge in [0.15, 0.2) is 5.13 Å². The van der Waals surface area contributed by atoms with Gasteiger partial charge in [0.05, 0.1) is 11.3 Å². The summed E-state index contributed by atoms with van der Waals surface area (Å²) in [7, 11) is 0. The summed E-state index contributed by atoms with van der Waals surface area (Å²) in [5.41, 5.74) is 7.27. The molecule has 0 saturated heterocycles. The highest BCUT2D eigenvalue weighted by atomic mass is 32.1. The van der Waals surface area contributed by atoms with Crippen LogP contribution in [0, 0.1) is 0 Å². The molecule has 8 nitrogen and oxygen atoms in total. The van der Waals surface area contributed by atoms with Gasteiger partial charge >= 0.3 is 0 Å². The van der Waals surface area contributed by atoms with Crippen LogP contribution in [-0.2, 0) is 0 Å². The number of benzene rings is 2. The number of amides is 2. The zero-order chi connectivity index (χ0) is 22.3. The van der Waals surface area contributed by atoms with Gasteiger partial charge in [-0.1, -0.05) is 30.3 Å². The fourth-order valence-corrected chi connectivity index (χ4v) is 3.64. The Balaban J connectivity index is 1.37. The number of ether oxygens (including phenoxy) is 2. The Morgan fingerprint density at radius 2 is 1.78 bits per heavy atom. The van der Waals surface area contributed by atoms with Crippen molar-refractivity contribution in [3.63, 3.8) is 0 Å². The third-order valence-electron chi connectivity index (χ3n) is 4.45. The maximum Gasteiger partial charge on any atom is 0.265 e. The van der Waals surface area contributed by atoms with Crippen molar-refractivity contribution >= 4 is 28.3 Å². The molecule has 0 radical (unpaired) electrons. The second-order valence-electron chi connectivity index (χ2n) is 6.66. The Kier molecular flexibility index (Phi) is 6.47. The lowest BCUT2D eigenvalue weighted by Gasteiger charge is -2.11. The second-order valence-corrected chi connectivity index (χ2v) is 7.52. The molecule has 4 rings (SSSR count). The third kappa shape index (κ3) is 5.13. The molecule has 4 aromatic rings. The molecule has 0 bridgehead atoms. The molecular weight excluding hydrogens is 428 g/mol. The first kappa shape index (κ1) is 21.1. The summed E-state index contributed by atoms with van der Waals surface area (Å²) >= 11 is 1.28. The van der Waals surface area contributed by atoms with E-state index in [-0.39, 0.29) is 12.5 Å². The van der Waals surface area contributed by atoms with Gasteiger partial charge in [-0.2, -0.15) is 0 Å². The van der Waals surface area contributed by atoms with Crippen molar-refractivity contribution < 1.29 is 19.1 Å². The summed E-state index contributed by atoms with van der Waals surface area (Å²) in [6.07, 6.45) is 1.64. The fraction of sp³-hybridized carbons (Fsp3) is 0.0870. The Morgan fingerprint density at radius 3 is 2.56 bits per heavy atom. The first-order valence-electron chi connectivity index (χ1n) is 9.75. The smallest absolute Gasteiger partial charge is 0.265 e. The average molecular weight is 449 g/mol. The van der Waals surface area contributed by atoms with Crippen LogP contribution in [0.3, 0.4) is 0 Å². The van der Waals surface area contributed by atoms with E-state index >= 15 is 0 Å². The minimum atomic E-state index is -0.550. The number of aromatic amines is 1. The van der Waals surface area contributed by atoms with Crippen LogP contribution in [0.2, 0.25) is 0 Å². The maximum absolute atomic E-state index is 12.8. The Morgan fingerprint density at radius 1 is 1.03 bits per heavy atom. The van der Waals surface area contributed by atoms with E-state index in [2.05, 4.69) is 15.3 Å². The van der Waals surface area contributed by atoms with Crippen LogP contribution in [0.25, 0.3) is 11.3 Å². The number of nitrogens with zero attached hydrogens (tertiary/aromatic N) is 1. The highest BCUT2D eigenvalue weighted by Crippen LogP contribution is 2.27. The molecule has 0 aliphatic carbocycles. The normalized spacial score (nSPS) is 10.5. The van der Waals surface area contributed by atoms with Gasteiger partial charge in [-0.15, -0.1) is 11.3 Å². The van der Waals surface area contributed by atoms with E-state index < -0.39 is 5.91 Å². The third-order valence-corrected chi connectivity index (χ3v) is 5.21. The van der Waals surface area contributed by atoms with E-state index in [1.54, 1.807) is 41.9 Å². The number of primary amides is 1. The summed E-state index contributed by atoms with van der Waals surface area (Å²) in [4.78, 5) is 31.3. The van der Waals surface area contributed by atoms with Crippen molar-refractivity contribution in [2.24, 2.45) is 5.73 Å². The fourth-order valence-electron chi connectivity index (χ4n) is 2.92. The number of rotatable bonds is 9. The predicted octanol–water partition coefficient (Wildman–Crippen LogP) is 3.95. The van der Waals surface area contributed by atoms with Gasteiger partial charge in [0.25, 0.3) is 11.8 Å². The zero-order valence-corrected chi connectivity index (χ0v) is 17.7. The minimum Gasteiger partial charge on any atom is -0.490 e. The molecule has 0 aliphatic rings. The molecule has 2 amide bonds. The van der Waals surface area contributed by atoms with Crippen LogP contribution in [0.15, 0.2) is 72.2 Å². The largest absolute Gasteiger partial charge is 0.490 e. The molecule has 0 unspecified atom stereocenters. The molecule has 9 heteroatoms. The van der Waals surface area contributed by atoms with Crippen molar-refractivity contribution in [3.05, 3.63) is 83.5 Å². The Hall–Kier alpha value is -4.11. The van der Waals surface area contributed by atoms with Gasteiger partial charge in [-0.05, 0) is 30.3 Å². The SMILES string of the molecule is NC(=O)c1cc(-c2csc(NC(=O)c3ccccc3OCCOc3ccccc3)n2)c[nH]1. The van der Waals surface area contributed by atoms with Crippen molar-refractivity contribution in [2.45, 2.75) is 0 Å². The molecule has 0 atom stereocenters. The van der Waals surface area contributed by atoms with Crippen molar-refractivity contribution in [3.8, 4) is 22.8 Å². The van der Waals surface area contributed by atoms with E-state index in [0.29, 0.717) is 40.0 Å². The molecule has 32 heavy (non-hydrogen) atoms. The number of carbonyl (C=O) groups is 2. The highest BCUT2D eigenvalue weighted by molar-refractivity contribution is 7.14. The van der Waals surface area contributed by atoms with Crippen LogP contribution >= 0.6 is 11.3 Å². The molecular formula is C23H20N4O4S. The predicted molar refractivity (Wildman–Crippen MR) is 122 cm³/mol. The molecule has 2 heterocycles. The number of H-pyrrole nitrogens is 1. The van der Waals surface area contributed by atoms with Crippen LogP contribution in [0.5, 0.6) is 11.5 Å². The van der Waals surface area contributed by atoms with Gasteiger partial charge in [-0.25, -0.2) is 4.98 Å². The lowest BCUT2D eigenvalue weighted by molar-refractivity contribution is 0.0993. The molecule has 2 aromatic carbocycles. The first-order valence-corrected chi connectivity index (χ1v) is 10.6. The van der Waals surface area contributed by atoms with Crippen molar-refractivity contribution in [1.82, 2.24) is 9.97 Å². The number of nitrogens with two attached hydrogens (primary N) is 1. The zero-order valence-electron chi connectivity index (χ0n) is 16.9. The van der Waals surface area contributed by atoms with Crippen LogP contribution in [0.4, 0.5) is 5.13 Å². The minimum absolute atomic E-state index is 0.288. The summed E-state index contributed by atoms with van der Waals surface area (Å²) in [6.45, 7) is 0.635. The maximum atomic E-state index is 12.8. The number of nitrogens with one attached hydrogen (secondary N) is 2. The van der Waals surface area contributed by atoms with Crippen LogP contribution < -0.4 is 20.5 Å². The number of para-hydroxylation sites is 2. The number of hydrogen-bond donors (Lipinski definition) is 3. The molecule has 2 aromatic heterocycles. The molecule has 0 spiro atoms. The summed E-state index contributed by atoms with van der Waals surface area (Å²) in [5, 5.41) is 5.00. The molecule has 162 valence electrons. The topological polar surface area (TPSA) is 119 Å². The highest BCUT2D eigenvalue weighted by Gasteiger charge is 2.15. The molecule has 0 aliphatic heterocycles. The van der Waals surface area contributed by atoms with E-state index in [9.17, 15) is 9.59 Å². The Labute approximate surface area is 188 Å². The second kappa shape index (κ2) is 9.80. The van der Waals surface area contributed by atoms with Crippen LogP contribution in [0.1, 0.15) is 20.8 Å². The monoisotopic (exact) mass is 448 g/mol. The number of hydrogen-bond acceptors (Lipinski definition) is 6. The number of aromatic nitrogens is 2. The summed E-state index contributed by atoms with van der Waals surface area (Å²) in [5.74, 6) is 0.324. The lowest BCUT2D eigenvalue weighted by atomic mass is 10.2. The van der Waals surface area contributed by atoms with Gasteiger partial charge in [0.2, 0.25) is 0 Å². The standard InChI is InChI=1S/C23H20N4O4S/c24-21(28)18-12-15(13-25-18)19-14-32-23(26-19)27-22(29)17-8-4-5-9-20(17)31-11-10-30-16-6-2-1-3-7-16/h1-9,12-14,25H,10-11H2,(H2,24,28)(H,26,27,29). The van der Waals surface area contributed by atoms with Gasteiger partial charge in [0.1, 0.15) is 30.4 Å². The van der Waals surface area contributed by atoms with Crippen molar-refractivity contribution in [2.75, 3.05) is 18.5 Å². The molecule has 4 N–H and O–H groups in total. The average Bonchev–Trinajstić information content (AvgIpc) is 3.47. The number of anilines is 1. The van der Waals surface area contributed by atoms with Gasteiger partial charge in [0, 0.05) is 17.1 Å².